The summed E-state index contributed by atoms with van der Waals surface area (Å²) in [6.45, 7) is 9.26. The van der Waals surface area contributed by atoms with Crippen LogP contribution in [0.1, 0.15) is 66.2 Å². The van der Waals surface area contributed by atoms with Crippen molar-refractivity contribution in [2.75, 3.05) is 20.3 Å². The summed E-state index contributed by atoms with van der Waals surface area (Å²) in [7, 11) is 1.63. The highest BCUT2D eigenvalue weighted by molar-refractivity contribution is 5.89. The van der Waals surface area contributed by atoms with Gasteiger partial charge in [0.1, 0.15) is 0 Å². The second-order valence-corrected chi connectivity index (χ2v) is 5.71. The molecule has 0 aromatic carbocycles. The van der Waals surface area contributed by atoms with Gasteiger partial charge < -0.3 is 9.47 Å². The first-order valence-electron chi connectivity index (χ1n) is 7.93. The van der Waals surface area contributed by atoms with E-state index >= 15 is 0 Å². The number of unbranched alkanes of at least 4 members (excludes halogenated alkanes) is 2. The summed E-state index contributed by atoms with van der Waals surface area (Å²) in [4.78, 5) is 12.2. The first-order chi connectivity index (χ1) is 9.56. The minimum absolute atomic E-state index is 0.192. The number of carbonyl (C=O) groups is 1. The van der Waals surface area contributed by atoms with E-state index in [1.54, 1.807) is 7.11 Å². The Morgan fingerprint density at radius 1 is 1.05 bits per heavy atom. The van der Waals surface area contributed by atoms with Crippen molar-refractivity contribution < 1.29 is 14.3 Å². The standard InChI is InChI=1S/C17H32O3/c1-6-8-10-15(11-9-7-2)16(13-19-5)17(18)20-12-14(3)4/h14H,6-13H2,1-5H3. The summed E-state index contributed by atoms with van der Waals surface area (Å²) in [5.74, 6) is 0.167. The summed E-state index contributed by atoms with van der Waals surface area (Å²) in [5, 5.41) is 0. The fourth-order valence-corrected chi connectivity index (χ4v) is 1.99. The van der Waals surface area contributed by atoms with Crippen LogP contribution in [0.4, 0.5) is 0 Å². The zero-order chi connectivity index (χ0) is 15.4. The zero-order valence-corrected chi connectivity index (χ0v) is 14.0. The van der Waals surface area contributed by atoms with Crippen molar-refractivity contribution in [3.8, 4) is 0 Å². The Kier molecular flexibility index (Phi) is 11.5. The number of ether oxygens (including phenoxy) is 2. The SMILES string of the molecule is CCCCC(CCCC)=C(COC)C(=O)OCC(C)C. The molecule has 0 spiro atoms. The molecule has 0 atom stereocenters. The van der Waals surface area contributed by atoms with Crippen LogP contribution in [0, 0.1) is 5.92 Å². The molecule has 3 heteroatoms. The van der Waals surface area contributed by atoms with E-state index in [9.17, 15) is 4.79 Å². The molecule has 3 nitrogen and oxygen atoms in total. The Morgan fingerprint density at radius 3 is 2.00 bits per heavy atom. The molecule has 118 valence electrons. The molecule has 0 radical (unpaired) electrons. The minimum Gasteiger partial charge on any atom is -0.462 e. The maximum absolute atomic E-state index is 12.2. The first-order valence-corrected chi connectivity index (χ1v) is 7.93. The molecule has 20 heavy (non-hydrogen) atoms. The zero-order valence-electron chi connectivity index (χ0n) is 14.0. The lowest BCUT2D eigenvalue weighted by atomic mass is 9.97. The molecule has 0 aromatic rings. The lowest BCUT2D eigenvalue weighted by Gasteiger charge is -2.15. The highest BCUT2D eigenvalue weighted by Crippen LogP contribution is 2.21. The highest BCUT2D eigenvalue weighted by Gasteiger charge is 2.17. The van der Waals surface area contributed by atoms with Gasteiger partial charge in [0.2, 0.25) is 0 Å². The molecule has 0 N–H and O–H groups in total. The van der Waals surface area contributed by atoms with Crippen molar-refractivity contribution in [2.24, 2.45) is 5.92 Å². The van der Waals surface area contributed by atoms with Gasteiger partial charge in [-0.2, -0.15) is 0 Å². The fourth-order valence-electron chi connectivity index (χ4n) is 1.99. The van der Waals surface area contributed by atoms with Gasteiger partial charge in [-0.25, -0.2) is 4.79 Å². The Labute approximate surface area is 124 Å². The molecule has 0 aliphatic heterocycles. The first kappa shape index (κ1) is 19.2. The molecular weight excluding hydrogens is 252 g/mol. The Hall–Kier alpha value is -0.830. The van der Waals surface area contributed by atoms with Gasteiger partial charge in [0.15, 0.2) is 0 Å². The van der Waals surface area contributed by atoms with Crippen molar-refractivity contribution in [1.29, 1.82) is 0 Å². The number of esters is 1. The molecule has 0 aliphatic carbocycles. The van der Waals surface area contributed by atoms with Crippen LogP contribution in [-0.4, -0.2) is 26.3 Å². The van der Waals surface area contributed by atoms with Gasteiger partial charge in [-0.05, 0) is 31.6 Å². The van der Waals surface area contributed by atoms with E-state index < -0.39 is 0 Å². The topological polar surface area (TPSA) is 35.5 Å². The number of hydrogen-bond donors (Lipinski definition) is 0. The largest absolute Gasteiger partial charge is 0.462 e. The molecule has 0 bridgehead atoms. The Morgan fingerprint density at radius 2 is 1.60 bits per heavy atom. The number of carbonyl (C=O) groups excluding carboxylic acids is 1. The summed E-state index contributed by atoms with van der Waals surface area (Å²) < 4.78 is 10.6. The summed E-state index contributed by atoms with van der Waals surface area (Å²) in [5.41, 5.74) is 1.97. The predicted octanol–water partition coefficient (Wildman–Crippen LogP) is 4.51. The van der Waals surface area contributed by atoms with Gasteiger partial charge in [-0.3, -0.25) is 0 Å². The van der Waals surface area contributed by atoms with Gasteiger partial charge in [-0.1, -0.05) is 46.1 Å². The van der Waals surface area contributed by atoms with E-state index in [4.69, 9.17) is 9.47 Å². The highest BCUT2D eigenvalue weighted by atomic mass is 16.5. The third-order valence-electron chi connectivity index (χ3n) is 3.17. The van der Waals surface area contributed by atoms with E-state index in [0.29, 0.717) is 19.1 Å². The van der Waals surface area contributed by atoms with Crippen LogP contribution in [-0.2, 0) is 14.3 Å². The van der Waals surface area contributed by atoms with Crippen molar-refractivity contribution in [2.45, 2.75) is 66.2 Å². The van der Waals surface area contributed by atoms with Crippen LogP contribution < -0.4 is 0 Å². The minimum atomic E-state index is -0.192. The molecule has 0 saturated heterocycles. The van der Waals surface area contributed by atoms with E-state index in [0.717, 1.165) is 44.1 Å². The predicted molar refractivity (Wildman–Crippen MR) is 83.7 cm³/mol. The second-order valence-electron chi connectivity index (χ2n) is 5.71. The van der Waals surface area contributed by atoms with Crippen molar-refractivity contribution in [3.05, 3.63) is 11.1 Å². The maximum atomic E-state index is 12.2. The van der Waals surface area contributed by atoms with Crippen molar-refractivity contribution in [1.82, 2.24) is 0 Å². The fraction of sp³-hybridized carbons (Fsp3) is 0.824. The lowest BCUT2D eigenvalue weighted by molar-refractivity contribution is -0.140. The average Bonchev–Trinajstić information content (AvgIpc) is 2.43. The molecule has 0 aromatic heterocycles. The number of rotatable bonds is 11. The monoisotopic (exact) mass is 284 g/mol. The summed E-state index contributed by atoms with van der Waals surface area (Å²) in [6, 6.07) is 0. The Bertz CT molecular complexity index is 283. The third kappa shape index (κ3) is 8.36. The number of allylic oxidation sites excluding steroid dienone is 1. The maximum Gasteiger partial charge on any atom is 0.336 e. The van der Waals surface area contributed by atoms with E-state index in [2.05, 4.69) is 13.8 Å². The van der Waals surface area contributed by atoms with Gasteiger partial charge in [-0.15, -0.1) is 0 Å². The number of hydrogen-bond acceptors (Lipinski definition) is 3. The van der Waals surface area contributed by atoms with Gasteiger partial charge in [0.05, 0.1) is 18.8 Å². The second kappa shape index (κ2) is 12.0. The molecule has 0 fully saturated rings. The smallest absolute Gasteiger partial charge is 0.336 e. The molecule has 0 saturated carbocycles. The van der Waals surface area contributed by atoms with E-state index in [1.807, 2.05) is 13.8 Å². The summed E-state index contributed by atoms with van der Waals surface area (Å²) >= 11 is 0. The van der Waals surface area contributed by atoms with Crippen molar-refractivity contribution >= 4 is 5.97 Å². The number of methoxy groups -OCH3 is 1. The molecule has 0 rings (SSSR count). The Balaban J connectivity index is 4.94. The van der Waals surface area contributed by atoms with Crippen LogP contribution in [0.3, 0.4) is 0 Å². The van der Waals surface area contributed by atoms with Crippen LogP contribution in [0.2, 0.25) is 0 Å². The normalized spacial score (nSPS) is 10.7. The van der Waals surface area contributed by atoms with Crippen LogP contribution in [0.15, 0.2) is 11.1 Å². The lowest BCUT2D eigenvalue weighted by Crippen LogP contribution is -2.17. The molecule has 0 aliphatic rings. The molecule has 0 heterocycles. The van der Waals surface area contributed by atoms with Crippen LogP contribution in [0.25, 0.3) is 0 Å². The molecular formula is C17H32O3. The van der Waals surface area contributed by atoms with Crippen LogP contribution in [0.5, 0.6) is 0 Å². The quantitative estimate of drug-likeness (QED) is 0.413. The van der Waals surface area contributed by atoms with E-state index in [-0.39, 0.29) is 5.97 Å². The molecule has 0 unspecified atom stereocenters. The van der Waals surface area contributed by atoms with Gasteiger partial charge >= 0.3 is 5.97 Å². The van der Waals surface area contributed by atoms with E-state index in [1.165, 1.54) is 5.57 Å². The molecule has 0 amide bonds. The van der Waals surface area contributed by atoms with Crippen molar-refractivity contribution in [3.63, 3.8) is 0 Å². The third-order valence-corrected chi connectivity index (χ3v) is 3.17. The van der Waals surface area contributed by atoms with Crippen LogP contribution >= 0.6 is 0 Å². The van der Waals surface area contributed by atoms with Gasteiger partial charge in [0, 0.05) is 7.11 Å². The summed E-state index contributed by atoms with van der Waals surface area (Å²) in [6.07, 6.45) is 6.46. The average molecular weight is 284 g/mol. The van der Waals surface area contributed by atoms with Gasteiger partial charge in [0.25, 0.3) is 0 Å².